The number of nitrogens with zero attached hydrogens (tertiary/aromatic N) is 1. The summed E-state index contributed by atoms with van der Waals surface area (Å²) >= 11 is 5.71. The third-order valence-corrected chi connectivity index (χ3v) is 2.73. The van der Waals surface area contributed by atoms with Gasteiger partial charge in [-0.3, -0.25) is 0 Å². The van der Waals surface area contributed by atoms with Gasteiger partial charge in [-0.2, -0.15) is 0 Å². The highest BCUT2D eigenvalue weighted by atomic mass is 35.5. The van der Waals surface area contributed by atoms with Gasteiger partial charge in [-0.05, 0) is 45.2 Å². The van der Waals surface area contributed by atoms with E-state index in [1.54, 1.807) is 0 Å². The lowest BCUT2D eigenvalue weighted by Gasteiger charge is -2.29. The molecule has 0 bridgehead atoms. The predicted molar refractivity (Wildman–Crippen MR) is 66.1 cm³/mol. The summed E-state index contributed by atoms with van der Waals surface area (Å²) < 4.78 is 0. The van der Waals surface area contributed by atoms with E-state index in [4.69, 9.17) is 11.6 Å². The van der Waals surface area contributed by atoms with Gasteiger partial charge in [0.1, 0.15) is 0 Å². The fraction of sp³-hybridized carbons (Fsp3) is 1.00. The third kappa shape index (κ3) is 7.64. The molecule has 0 fully saturated rings. The fourth-order valence-electron chi connectivity index (χ4n) is 1.37. The molecule has 0 saturated carbocycles. The first-order valence-corrected chi connectivity index (χ1v) is 6.20. The number of rotatable bonds is 6. The molecule has 14 heavy (non-hydrogen) atoms. The van der Waals surface area contributed by atoms with E-state index < -0.39 is 0 Å². The molecule has 0 saturated heterocycles. The van der Waals surface area contributed by atoms with Gasteiger partial charge in [0.05, 0.1) is 0 Å². The fourth-order valence-corrected chi connectivity index (χ4v) is 1.49. The van der Waals surface area contributed by atoms with Crippen molar-refractivity contribution >= 4 is 11.6 Å². The molecule has 0 aromatic carbocycles. The molecule has 0 unspecified atom stereocenters. The number of halogens is 1. The molecule has 2 heteroatoms. The van der Waals surface area contributed by atoms with E-state index in [1.165, 1.54) is 13.0 Å². The molecule has 0 aromatic heterocycles. The van der Waals surface area contributed by atoms with Crippen molar-refractivity contribution in [2.24, 2.45) is 5.41 Å². The molecule has 0 aliphatic heterocycles. The summed E-state index contributed by atoms with van der Waals surface area (Å²) in [6, 6.07) is 0.639. The highest BCUT2D eigenvalue weighted by molar-refractivity contribution is 6.17. The van der Waals surface area contributed by atoms with Crippen LogP contribution in [0.5, 0.6) is 0 Å². The van der Waals surface area contributed by atoms with Crippen LogP contribution in [0.15, 0.2) is 0 Å². The summed E-state index contributed by atoms with van der Waals surface area (Å²) in [5.41, 5.74) is 0.439. The van der Waals surface area contributed by atoms with Gasteiger partial charge in [0.25, 0.3) is 0 Å². The van der Waals surface area contributed by atoms with Gasteiger partial charge in [0, 0.05) is 11.9 Å². The van der Waals surface area contributed by atoms with Crippen molar-refractivity contribution in [3.05, 3.63) is 0 Å². The quantitative estimate of drug-likeness (QED) is 0.615. The molecule has 0 amide bonds. The Labute approximate surface area is 94.8 Å². The summed E-state index contributed by atoms with van der Waals surface area (Å²) in [5.74, 6) is 0.777. The lowest BCUT2D eigenvalue weighted by Crippen LogP contribution is -2.34. The molecule has 0 atom stereocenters. The molecule has 1 nitrogen and oxygen atoms in total. The second-order valence-electron chi connectivity index (χ2n) is 5.48. The highest BCUT2D eigenvalue weighted by Crippen LogP contribution is 2.19. The van der Waals surface area contributed by atoms with Crippen molar-refractivity contribution in [3.63, 3.8) is 0 Å². The minimum absolute atomic E-state index is 0.439. The van der Waals surface area contributed by atoms with E-state index in [0.717, 1.165) is 18.8 Å². The van der Waals surface area contributed by atoms with Crippen LogP contribution in [0.2, 0.25) is 0 Å². The van der Waals surface area contributed by atoms with Crippen molar-refractivity contribution in [2.45, 2.75) is 53.5 Å². The summed E-state index contributed by atoms with van der Waals surface area (Å²) in [6.45, 7) is 13.7. The third-order valence-electron chi connectivity index (χ3n) is 2.46. The van der Waals surface area contributed by atoms with E-state index in [2.05, 4.69) is 39.5 Å². The molecule has 0 aliphatic carbocycles. The van der Waals surface area contributed by atoms with Gasteiger partial charge in [-0.1, -0.05) is 20.8 Å². The van der Waals surface area contributed by atoms with Crippen molar-refractivity contribution in [1.29, 1.82) is 0 Å². The molecular weight excluding hydrogens is 194 g/mol. The normalized spacial score (nSPS) is 12.9. The zero-order valence-electron chi connectivity index (χ0n) is 10.4. The molecule has 0 spiro atoms. The summed E-state index contributed by atoms with van der Waals surface area (Å²) in [5, 5.41) is 0. The number of alkyl halides is 1. The van der Waals surface area contributed by atoms with E-state index in [0.29, 0.717) is 11.5 Å². The van der Waals surface area contributed by atoms with Crippen molar-refractivity contribution in [2.75, 3.05) is 19.0 Å². The zero-order valence-corrected chi connectivity index (χ0v) is 11.2. The predicted octanol–water partition coefficient (Wildman–Crippen LogP) is 3.76. The molecule has 0 radical (unpaired) electrons. The van der Waals surface area contributed by atoms with Gasteiger partial charge < -0.3 is 4.90 Å². The van der Waals surface area contributed by atoms with Crippen LogP contribution in [0, 0.1) is 5.41 Å². The Hall–Kier alpha value is 0.250. The van der Waals surface area contributed by atoms with Crippen molar-refractivity contribution in [3.8, 4) is 0 Å². The standard InChI is InChI=1S/C12H26ClN/c1-11(2)14(9-6-8-13)10-7-12(3,4)5/h11H,6-10H2,1-5H3. The summed E-state index contributed by atoms with van der Waals surface area (Å²) in [7, 11) is 0. The minimum Gasteiger partial charge on any atom is -0.301 e. The molecular formula is C12H26ClN. The van der Waals surface area contributed by atoms with Crippen LogP contribution in [-0.4, -0.2) is 29.9 Å². The summed E-state index contributed by atoms with van der Waals surface area (Å²) in [6.07, 6.45) is 2.36. The molecule has 0 aromatic rings. The molecule has 0 heterocycles. The minimum atomic E-state index is 0.439. The van der Waals surface area contributed by atoms with Crippen LogP contribution < -0.4 is 0 Å². The second-order valence-corrected chi connectivity index (χ2v) is 5.86. The van der Waals surface area contributed by atoms with E-state index in [1.807, 2.05) is 0 Å². The van der Waals surface area contributed by atoms with Crippen LogP contribution >= 0.6 is 11.6 Å². The first-order valence-electron chi connectivity index (χ1n) is 5.67. The Kier molecular flexibility index (Phi) is 6.80. The molecule has 0 aliphatic rings. The number of hydrogen-bond acceptors (Lipinski definition) is 1. The van der Waals surface area contributed by atoms with Crippen LogP contribution in [0.1, 0.15) is 47.5 Å². The van der Waals surface area contributed by atoms with Crippen LogP contribution in [0.3, 0.4) is 0 Å². The lowest BCUT2D eigenvalue weighted by molar-refractivity contribution is 0.189. The van der Waals surface area contributed by atoms with Gasteiger partial charge in [0.15, 0.2) is 0 Å². The maximum absolute atomic E-state index is 5.71. The Morgan fingerprint density at radius 3 is 2.07 bits per heavy atom. The first kappa shape index (κ1) is 14.2. The smallest absolute Gasteiger partial charge is 0.0235 e. The Morgan fingerprint density at radius 2 is 1.71 bits per heavy atom. The van der Waals surface area contributed by atoms with Gasteiger partial charge in [0.2, 0.25) is 0 Å². The Morgan fingerprint density at radius 1 is 1.14 bits per heavy atom. The van der Waals surface area contributed by atoms with Crippen LogP contribution in [0.25, 0.3) is 0 Å². The van der Waals surface area contributed by atoms with E-state index in [-0.39, 0.29) is 0 Å². The first-order chi connectivity index (χ1) is 6.37. The van der Waals surface area contributed by atoms with Gasteiger partial charge >= 0.3 is 0 Å². The maximum atomic E-state index is 5.71. The van der Waals surface area contributed by atoms with Crippen LogP contribution in [0.4, 0.5) is 0 Å². The zero-order chi connectivity index (χ0) is 11.2. The number of hydrogen-bond donors (Lipinski definition) is 0. The average Bonchev–Trinajstić information content (AvgIpc) is 2.01. The van der Waals surface area contributed by atoms with Gasteiger partial charge in [-0.25, -0.2) is 0 Å². The van der Waals surface area contributed by atoms with Gasteiger partial charge in [-0.15, -0.1) is 11.6 Å². The maximum Gasteiger partial charge on any atom is 0.0235 e. The summed E-state index contributed by atoms with van der Waals surface area (Å²) in [4.78, 5) is 2.52. The Balaban J connectivity index is 3.85. The molecule has 86 valence electrons. The largest absolute Gasteiger partial charge is 0.301 e. The molecule has 0 rings (SSSR count). The van der Waals surface area contributed by atoms with E-state index in [9.17, 15) is 0 Å². The monoisotopic (exact) mass is 219 g/mol. The second kappa shape index (κ2) is 6.68. The molecule has 0 N–H and O–H groups in total. The lowest BCUT2D eigenvalue weighted by atomic mass is 9.92. The topological polar surface area (TPSA) is 3.24 Å². The highest BCUT2D eigenvalue weighted by Gasteiger charge is 2.14. The van der Waals surface area contributed by atoms with Crippen molar-refractivity contribution in [1.82, 2.24) is 4.90 Å². The Bertz CT molecular complexity index is 138. The van der Waals surface area contributed by atoms with E-state index >= 15 is 0 Å². The average molecular weight is 220 g/mol. The van der Waals surface area contributed by atoms with Crippen LogP contribution in [-0.2, 0) is 0 Å². The SMILES string of the molecule is CC(C)N(CCCCl)CCC(C)(C)C. The van der Waals surface area contributed by atoms with Crippen molar-refractivity contribution < 1.29 is 0 Å².